The van der Waals surface area contributed by atoms with Crippen molar-refractivity contribution in [3.63, 3.8) is 0 Å². The van der Waals surface area contributed by atoms with Crippen molar-refractivity contribution < 1.29 is 4.79 Å². The first-order chi connectivity index (χ1) is 8.66. The Morgan fingerprint density at radius 3 is 2.89 bits per heavy atom. The lowest BCUT2D eigenvalue weighted by molar-refractivity contribution is -0.117. The first-order valence-electron chi connectivity index (χ1n) is 5.73. The predicted molar refractivity (Wildman–Crippen MR) is 69.9 cm³/mol. The molecule has 0 aliphatic carbocycles. The molecule has 0 radical (unpaired) electrons. The average Bonchev–Trinajstić information content (AvgIpc) is 2.73. The number of primary amides is 1. The van der Waals surface area contributed by atoms with Crippen LogP contribution in [-0.4, -0.2) is 15.5 Å². The van der Waals surface area contributed by atoms with E-state index in [4.69, 9.17) is 5.73 Å². The van der Waals surface area contributed by atoms with E-state index in [9.17, 15) is 4.79 Å². The smallest absolute Gasteiger partial charge is 0.221 e. The summed E-state index contributed by atoms with van der Waals surface area (Å²) in [7, 11) is 1.94. The van der Waals surface area contributed by atoms with Crippen LogP contribution < -0.4 is 11.1 Å². The molecular weight excluding hydrogens is 228 g/mol. The van der Waals surface area contributed by atoms with E-state index in [-0.39, 0.29) is 12.3 Å². The van der Waals surface area contributed by atoms with E-state index in [0.717, 1.165) is 17.1 Å². The molecule has 5 heteroatoms. The van der Waals surface area contributed by atoms with E-state index in [1.54, 1.807) is 6.20 Å². The Balaban J connectivity index is 2.09. The first kappa shape index (κ1) is 12.2. The van der Waals surface area contributed by atoms with Crippen molar-refractivity contribution in [3.05, 3.63) is 48.0 Å². The Kier molecular flexibility index (Phi) is 3.62. The fourth-order valence-corrected chi connectivity index (χ4v) is 1.78. The fourth-order valence-electron chi connectivity index (χ4n) is 1.78. The molecule has 0 fully saturated rings. The van der Waals surface area contributed by atoms with Gasteiger partial charge in [-0.2, -0.15) is 0 Å². The molecule has 1 aromatic carbocycles. The molecule has 18 heavy (non-hydrogen) atoms. The maximum atomic E-state index is 11.0. The van der Waals surface area contributed by atoms with Crippen molar-refractivity contribution >= 4 is 11.6 Å². The Morgan fingerprint density at radius 1 is 1.44 bits per heavy atom. The third-order valence-electron chi connectivity index (χ3n) is 2.74. The zero-order chi connectivity index (χ0) is 13.0. The van der Waals surface area contributed by atoms with Gasteiger partial charge in [0.1, 0.15) is 5.82 Å². The molecule has 5 nitrogen and oxygen atoms in total. The number of anilines is 1. The van der Waals surface area contributed by atoms with Gasteiger partial charge in [-0.15, -0.1) is 0 Å². The van der Waals surface area contributed by atoms with Crippen molar-refractivity contribution in [2.45, 2.75) is 13.0 Å². The Hall–Kier alpha value is -2.30. The number of aromatic nitrogens is 2. The average molecular weight is 244 g/mol. The third-order valence-corrected chi connectivity index (χ3v) is 2.74. The van der Waals surface area contributed by atoms with Gasteiger partial charge >= 0.3 is 0 Å². The van der Waals surface area contributed by atoms with Gasteiger partial charge in [-0.3, -0.25) is 4.79 Å². The van der Waals surface area contributed by atoms with E-state index in [1.165, 1.54) is 0 Å². The topological polar surface area (TPSA) is 72.9 Å². The zero-order valence-corrected chi connectivity index (χ0v) is 10.3. The predicted octanol–water partition coefficient (Wildman–Crippen LogP) is 1.06. The van der Waals surface area contributed by atoms with Gasteiger partial charge in [-0.1, -0.05) is 18.2 Å². The van der Waals surface area contributed by atoms with E-state index < -0.39 is 0 Å². The standard InChI is InChI=1S/C13H16N4O/c1-17-7-6-15-13(17)9-16-11-5-3-2-4-10(11)8-12(14)18/h2-7,16H,8-9H2,1H3,(H2,14,18). The van der Waals surface area contributed by atoms with Crippen LogP contribution in [0, 0.1) is 0 Å². The van der Waals surface area contributed by atoms with Crippen LogP contribution in [0.3, 0.4) is 0 Å². The zero-order valence-electron chi connectivity index (χ0n) is 10.3. The van der Waals surface area contributed by atoms with Crippen LogP contribution in [0.2, 0.25) is 0 Å². The molecule has 2 aromatic rings. The molecule has 0 unspecified atom stereocenters. The summed E-state index contributed by atoms with van der Waals surface area (Å²) < 4.78 is 1.95. The van der Waals surface area contributed by atoms with Crippen LogP contribution >= 0.6 is 0 Å². The second kappa shape index (κ2) is 5.35. The number of rotatable bonds is 5. The molecule has 0 atom stereocenters. The van der Waals surface area contributed by atoms with E-state index >= 15 is 0 Å². The number of benzene rings is 1. The molecule has 3 N–H and O–H groups in total. The number of amides is 1. The Labute approximate surface area is 106 Å². The third kappa shape index (κ3) is 2.88. The van der Waals surface area contributed by atoms with Crippen LogP contribution in [0.25, 0.3) is 0 Å². The normalized spacial score (nSPS) is 10.3. The number of nitrogens with one attached hydrogen (secondary N) is 1. The van der Waals surface area contributed by atoms with Crippen molar-refractivity contribution in [3.8, 4) is 0 Å². The summed E-state index contributed by atoms with van der Waals surface area (Å²) in [5, 5.41) is 3.27. The van der Waals surface area contributed by atoms with E-state index in [2.05, 4.69) is 10.3 Å². The minimum Gasteiger partial charge on any atom is -0.378 e. The Morgan fingerprint density at radius 2 is 2.22 bits per heavy atom. The number of para-hydroxylation sites is 1. The number of nitrogens with two attached hydrogens (primary N) is 1. The van der Waals surface area contributed by atoms with Crippen LogP contribution in [0.1, 0.15) is 11.4 Å². The molecule has 1 heterocycles. The van der Waals surface area contributed by atoms with Crippen LogP contribution in [0.4, 0.5) is 5.69 Å². The molecular formula is C13H16N4O. The molecule has 94 valence electrons. The summed E-state index contributed by atoms with van der Waals surface area (Å²) in [4.78, 5) is 15.2. The highest BCUT2D eigenvalue weighted by Crippen LogP contribution is 2.16. The van der Waals surface area contributed by atoms with Gasteiger partial charge in [0.15, 0.2) is 0 Å². The molecule has 1 aromatic heterocycles. The monoisotopic (exact) mass is 244 g/mol. The van der Waals surface area contributed by atoms with Gasteiger partial charge < -0.3 is 15.6 Å². The van der Waals surface area contributed by atoms with Crippen LogP contribution in [-0.2, 0) is 24.8 Å². The van der Waals surface area contributed by atoms with Crippen molar-refractivity contribution in [1.29, 1.82) is 0 Å². The van der Waals surface area contributed by atoms with Crippen molar-refractivity contribution in [2.24, 2.45) is 12.8 Å². The second-order valence-electron chi connectivity index (χ2n) is 4.11. The van der Waals surface area contributed by atoms with E-state index in [0.29, 0.717) is 6.54 Å². The van der Waals surface area contributed by atoms with Gasteiger partial charge in [0.05, 0.1) is 13.0 Å². The SMILES string of the molecule is Cn1ccnc1CNc1ccccc1CC(N)=O. The van der Waals surface area contributed by atoms with Gasteiger partial charge in [-0.05, 0) is 11.6 Å². The maximum absolute atomic E-state index is 11.0. The molecule has 1 amide bonds. The van der Waals surface area contributed by atoms with Gasteiger partial charge in [-0.25, -0.2) is 4.98 Å². The first-order valence-corrected chi connectivity index (χ1v) is 5.73. The number of nitrogens with zero attached hydrogens (tertiary/aromatic N) is 2. The molecule has 0 aliphatic heterocycles. The van der Waals surface area contributed by atoms with Crippen molar-refractivity contribution in [2.75, 3.05) is 5.32 Å². The quantitative estimate of drug-likeness (QED) is 0.826. The summed E-state index contributed by atoms with van der Waals surface area (Å²) in [6, 6.07) is 7.64. The number of carbonyl (C=O) groups is 1. The number of hydrogen-bond acceptors (Lipinski definition) is 3. The minimum absolute atomic E-state index is 0.240. The Bertz CT molecular complexity index is 547. The lowest BCUT2D eigenvalue weighted by atomic mass is 10.1. The minimum atomic E-state index is -0.332. The molecule has 0 saturated carbocycles. The molecule has 2 rings (SSSR count). The maximum Gasteiger partial charge on any atom is 0.221 e. The summed E-state index contributed by atoms with van der Waals surface area (Å²) in [5.41, 5.74) is 7.04. The highest BCUT2D eigenvalue weighted by molar-refractivity contribution is 5.78. The molecule has 0 saturated heterocycles. The van der Waals surface area contributed by atoms with Crippen LogP contribution in [0.5, 0.6) is 0 Å². The highest BCUT2D eigenvalue weighted by atomic mass is 16.1. The largest absolute Gasteiger partial charge is 0.378 e. The molecule has 0 spiro atoms. The molecule has 0 aliphatic rings. The van der Waals surface area contributed by atoms with Crippen LogP contribution in [0.15, 0.2) is 36.7 Å². The van der Waals surface area contributed by atoms with Gasteiger partial charge in [0.2, 0.25) is 5.91 Å². The summed E-state index contributed by atoms with van der Waals surface area (Å²) >= 11 is 0. The number of imidazole rings is 1. The highest BCUT2D eigenvalue weighted by Gasteiger charge is 2.05. The summed E-state index contributed by atoms with van der Waals surface area (Å²) in [5.74, 6) is 0.602. The van der Waals surface area contributed by atoms with E-state index in [1.807, 2.05) is 42.1 Å². The second-order valence-corrected chi connectivity index (χ2v) is 4.11. The number of hydrogen-bond donors (Lipinski definition) is 2. The molecule has 0 bridgehead atoms. The van der Waals surface area contributed by atoms with Crippen molar-refractivity contribution in [1.82, 2.24) is 9.55 Å². The number of carbonyl (C=O) groups excluding carboxylic acids is 1. The summed E-state index contributed by atoms with van der Waals surface area (Å²) in [6.45, 7) is 0.610. The van der Waals surface area contributed by atoms with Gasteiger partial charge in [0, 0.05) is 25.1 Å². The van der Waals surface area contributed by atoms with Gasteiger partial charge in [0.25, 0.3) is 0 Å². The fraction of sp³-hybridized carbons (Fsp3) is 0.231. The lowest BCUT2D eigenvalue weighted by Gasteiger charge is -2.10. The summed E-state index contributed by atoms with van der Waals surface area (Å²) in [6.07, 6.45) is 3.89. The lowest BCUT2D eigenvalue weighted by Crippen LogP contribution is -2.15. The number of aryl methyl sites for hydroxylation is 1.